The van der Waals surface area contributed by atoms with Gasteiger partial charge in [0.2, 0.25) is 0 Å². The molecule has 0 spiro atoms. The molecule has 0 aromatic carbocycles. The van der Waals surface area contributed by atoms with Gasteiger partial charge in [-0.3, -0.25) is 4.98 Å². The van der Waals surface area contributed by atoms with Gasteiger partial charge in [-0.15, -0.1) is 11.3 Å². The lowest BCUT2D eigenvalue weighted by Gasteiger charge is -2.07. The molecule has 106 valence electrons. The van der Waals surface area contributed by atoms with Gasteiger partial charge in [0.1, 0.15) is 10.5 Å². The minimum atomic E-state index is 0.633. The number of hydrogen-bond acceptors (Lipinski definition) is 6. The molecule has 0 bridgehead atoms. The van der Waals surface area contributed by atoms with E-state index in [2.05, 4.69) is 15.4 Å². The first kappa shape index (κ1) is 12.7. The van der Waals surface area contributed by atoms with Gasteiger partial charge in [0.15, 0.2) is 11.6 Å². The quantitative estimate of drug-likeness (QED) is 0.562. The summed E-state index contributed by atoms with van der Waals surface area (Å²) in [5.41, 5.74) is 5.98. The van der Waals surface area contributed by atoms with Crippen molar-refractivity contribution >= 4 is 27.4 Å². The summed E-state index contributed by atoms with van der Waals surface area (Å²) >= 11 is 1.76. The molecule has 1 aliphatic carbocycles. The minimum absolute atomic E-state index is 0.633. The number of thiophene rings is 1. The predicted octanol–water partition coefficient (Wildman–Crippen LogP) is 2.84. The van der Waals surface area contributed by atoms with Crippen LogP contribution in [0.25, 0.3) is 21.7 Å². The zero-order valence-corrected chi connectivity index (χ0v) is 12.5. The van der Waals surface area contributed by atoms with E-state index in [-0.39, 0.29) is 0 Å². The van der Waals surface area contributed by atoms with E-state index in [1.807, 2.05) is 19.1 Å². The normalized spacial score (nSPS) is 13.6. The van der Waals surface area contributed by atoms with Crippen molar-refractivity contribution in [2.45, 2.75) is 26.2 Å². The molecule has 0 fully saturated rings. The number of nitrogen functional groups attached to an aromatic ring is 1. The molecule has 1 aliphatic rings. The van der Waals surface area contributed by atoms with E-state index >= 15 is 0 Å². The number of nitrogens with zero attached hydrogens (tertiary/aromatic N) is 3. The van der Waals surface area contributed by atoms with E-state index < -0.39 is 0 Å². The zero-order chi connectivity index (χ0) is 14.4. The third-order valence-electron chi connectivity index (χ3n) is 3.92. The Hall–Kier alpha value is -2.05. The van der Waals surface area contributed by atoms with Crippen molar-refractivity contribution in [3.63, 3.8) is 0 Å². The maximum atomic E-state index is 5.70. The number of nitrogens with one attached hydrogen (secondary N) is 1. The van der Waals surface area contributed by atoms with Crippen molar-refractivity contribution in [1.82, 2.24) is 15.0 Å². The van der Waals surface area contributed by atoms with Crippen LogP contribution in [0.5, 0.6) is 0 Å². The highest BCUT2D eigenvalue weighted by atomic mass is 32.1. The van der Waals surface area contributed by atoms with Crippen molar-refractivity contribution in [1.29, 1.82) is 0 Å². The van der Waals surface area contributed by atoms with Crippen LogP contribution in [-0.4, -0.2) is 15.0 Å². The molecule has 3 N–H and O–H groups in total. The number of hydrazine groups is 1. The minimum Gasteiger partial charge on any atom is -0.308 e. The summed E-state index contributed by atoms with van der Waals surface area (Å²) in [4.78, 5) is 16.2. The van der Waals surface area contributed by atoms with Gasteiger partial charge in [-0.25, -0.2) is 15.8 Å². The first-order valence-corrected chi connectivity index (χ1v) is 7.80. The van der Waals surface area contributed by atoms with E-state index in [9.17, 15) is 0 Å². The van der Waals surface area contributed by atoms with Crippen LogP contribution in [0.15, 0.2) is 18.3 Å². The number of hydrogen-bond donors (Lipinski definition) is 2. The van der Waals surface area contributed by atoms with Crippen LogP contribution in [0.4, 0.5) is 5.82 Å². The Morgan fingerprint density at radius 3 is 3.00 bits per heavy atom. The number of fused-ring (bicyclic) bond motifs is 3. The molecule has 21 heavy (non-hydrogen) atoms. The van der Waals surface area contributed by atoms with Crippen molar-refractivity contribution in [2.75, 3.05) is 5.43 Å². The molecule has 3 heterocycles. The molecule has 0 unspecified atom stereocenters. The van der Waals surface area contributed by atoms with Gasteiger partial charge in [0.25, 0.3) is 0 Å². The molecule has 0 radical (unpaired) electrons. The van der Waals surface area contributed by atoms with Gasteiger partial charge < -0.3 is 5.43 Å². The average Bonchev–Trinajstić information content (AvgIpc) is 3.07. The zero-order valence-electron chi connectivity index (χ0n) is 11.7. The van der Waals surface area contributed by atoms with E-state index in [0.717, 1.165) is 34.3 Å². The van der Waals surface area contributed by atoms with Gasteiger partial charge in [-0.2, -0.15) is 0 Å². The number of aromatic nitrogens is 3. The Morgan fingerprint density at radius 2 is 2.19 bits per heavy atom. The second-order valence-corrected chi connectivity index (χ2v) is 6.33. The molecule has 0 saturated heterocycles. The molecule has 6 heteroatoms. The maximum absolute atomic E-state index is 5.70. The standard InChI is InChI=1S/C15H15N5S/c1-8-4-3-7-17-12(8)14-18-13(20-16)11-9-5-2-6-10(9)21-15(11)19-14/h3-4,7H,2,5-6,16H2,1H3,(H,18,19,20). The highest BCUT2D eigenvalue weighted by Crippen LogP contribution is 2.40. The Bertz CT molecular complexity index is 839. The van der Waals surface area contributed by atoms with E-state index in [0.29, 0.717) is 11.6 Å². The van der Waals surface area contributed by atoms with Crippen molar-refractivity contribution in [3.8, 4) is 11.5 Å². The maximum Gasteiger partial charge on any atom is 0.181 e. The highest BCUT2D eigenvalue weighted by molar-refractivity contribution is 7.19. The van der Waals surface area contributed by atoms with E-state index in [1.54, 1.807) is 17.5 Å². The summed E-state index contributed by atoms with van der Waals surface area (Å²) in [5, 5.41) is 1.09. The Labute approximate surface area is 126 Å². The van der Waals surface area contributed by atoms with Crippen LogP contribution >= 0.6 is 11.3 Å². The number of aryl methyl sites for hydroxylation is 3. The largest absolute Gasteiger partial charge is 0.308 e. The summed E-state index contributed by atoms with van der Waals surface area (Å²) in [6.07, 6.45) is 5.20. The van der Waals surface area contributed by atoms with Crippen LogP contribution in [-0.2, 0) is 12.8 Å². The van der Waals surface area contributed by atoms with Crippen LogP contribution in [0, 0.1) is 6.92 Å². The summed E-state index contributed by atoms with van der Waals surface area (Å²) in [7, 11) is 0. The lowest BCUT2D eigenvalue weighted by molar-refractivity contribution is 0.917. The molecule has 3 aromatic rings. The number of pyridine rings is 1. The number of rotatable bonds is 2. The second-order valence-electron chi connectivity index (χ2n) is 5.25. The smallest absolute Gasteiger partial charge is 0.181 e. The molecular weight excluding hydrogens is 282 g/mol. The third-order valence-corrected chi connectivity index (χ3v) is 5.11. The van der Waals surface area contributed by atoms with Crippen LogP contribution in [0.1, 0.15) is 22.4 Å². The molecule has 3 aromatic heterocycles. The van der Waals surface area contributed by atoms with Gasteiger partial charge >= 0.3 is 0 Å². The van der Waals surface area contributed by atoms with Crippen LogP contribution in [0.2, 0.25) is 0 Å². The molecule has 4 rings (SSSR count). The predicted molar refractivity (Wildman–Crippen MR) is 85.2 cm³/mol. The first-order chi connectivity index (χ1) is 10.3. The monoisotopic (exact) mass is 297 g/mol. The fourth-order valence-electron chi connectivity index (χ4n) is 2.93. The summed E-state index contributed by atoms with van der Waals surface area (Å²) < 4.78 is 0. The van der Waals surface area contributed by atoms with Crippen molar-refractivity contribution in [3.05, 3.63) is 34.3 Å². The molecule has 0 amide bonds. The van der Waals surface area contributed by atoms with E-state index in [4.69, 9.17) is 10.8 Å². The average molecular weight is 297 g/mol. The first-order valence-electron chi connectivity index (χ1n) is 6.99. The molecule has 0 aliphatic heterocycles. The molecule has 5 nitrogen and oxygen atoms in total. The SMILES string of the molecule is Cc1cccnc1-c1nc(NN)c2c3c(sc2n1)CCC3. The number of nitrogens with two attached hydrogens (primary N) is 1. The third kappa shape index (κ3) is 1.91. The molecule has 0 atom stereocenters. The fraction of sp³-hybridized carbons (Fsp3) is 0.267. The lowest BCUT2D eigenvalue weighted by atomic mass is 10.1. The summed E-state index contributed by atoms with van der Waals surface area (Å²) in [5.74, 6) is 7.04. The summed E-state index contributed by atoms with van der Waals surface area (Å²) in [6.45, 7) is 2.01. The second kappa shape index (κ2) is 4.75. The van der Waals surface area contributed by atoms with Crippen molar-refractivity contribution in [2.24, 2.45) is 5.84 Å². The topological polar surface area (TPSA) is 76.7 Å². The molecule has 0 saturated carbocycles. The Morgan fingerprint density at radius 1 is 1.29 bits per heavy atom. The Kier molecular flexibility index (Phi) is 2.87. The molecular formula is C15H15N5S. The summed E-state index contributed by atoms with van der Waals surface area (Å²) in [6, 6.07) is 3.93. The highest BCUT2D eigenvalue weighted by Gasteiger charge is 2.22. The van der Waals surface area contributed by atoms with Gasteiger partial charge in [0.05, 0.1) is 5.39 Å². The fourth-order valence-corrected chi connectivity index (χ4v) is 4.19. The van der Waals surface area contributed by atoms with Crippen molar-refractivity contribution < 1.29 is 0 Å². The lowest BCUT2D eigenvalue weighted by Crippen LogP contribution is -2.10. The van der Waals surface area contributed by atoms with Crippen LogP contribution in [0.3, 0.4) is 0 Å². The Balaban J connectivity index is 1.99. The van der Waals surface area contributed by atoms with Gasteiger partial charge in [-0.1, -0.05) is 6.07 Å². The van der Waals surface area contributed by atoms with Crippen LogP contribution < -0.4 is 11.3 Å². The van der Waals surface area contributed by atoms with Gasteiger partial charge in [0, 0.05) is 11.1 Å². The number of anilines is 1. The van der Waals surface area contributed by atoms with E-state index in [1.165, 1.54) is 16.9 Å². The van der Waals surface area contributed by atoms with Gasteiger partial charge in [-0.05, 0) is 43.4 Å².